The summed E-state index contributed by atoms with van der Waals surface area (Å²) in [5.74, 6) is 0. The number of nitrogens with zero attached hydrogens (tertiary/aromatic N) is 2. The highest BCUT2D eigenvalue weighted by Gasteiger charge is 1.99. The highest BCUT2D eigenvalue weighted by atomic mass is 16.7. The van der Waals surface area contributed by atoms with Crippen LogP contribution in [0.3, 0.4) is 0 Å². The lowest BCUT2D eigenvalue weighted by molar-refractivity contribution is 0.0879. The molecule has 0 saturated carbocycles. The highest BCUT2D eigenvalue weighted by molar-refractivity contribution is 5.11. The van der Waals surface area contributed by atoms with Gasteiger partial charge in [0.25, 0.3) is 0 Å². The summed E-state index contributed by atoms with van der Waals surface area (Å²) in [6, 6.07) is 0. The fourth-order valence-electron chi connectivity index (χ4n) is 0.722. The molecule has 0 bridgehead atoms. The molecule has 0 N–H and O–H groups in total. The minimum absolute atomic E-state index is 0.655. The van der Waals surface area contributed by atoms with Gasteiger partial charge in [-0.05, 0) is 26.3 Å². The standard InChI is InChI=1S/C7H12N2O/c1-4-10-9-7(3)6(2)5-8-9/h5H,4H2,1-3H3. The molecule has 3 nitrogen and oxygen atoms in total. The maximum atomic E-state index is 5.16. The van der Waals surface area contributed by atoms with Crippen LogP contribution in [0.5, 0.6) is 0 Å². The minimum atomic E-state index is 0.655. The number of aromatic nitrogens is 2. The number of aryl methyl sites for hydroxylation is 1. The second-order valence-corrected chi connectivity index (χ2v) is 2.20. The first-order valence-electron chi connectivity index (χ1n) is 3.40. The average molecular weight is 140 g/mol. The second-order valence-electron chi connectivity index (χ2n) is 2.20. The molecule has 0 spiro atoms. The zero-order valence-electron chi connectivity index (χ0n) is 6.59. The normalized spacial score (nSPS) is 9.90. The molecule has 0 fully saturated rings. The van der Waals surface area contributed by atoms with Crippen molar-refractivity contribution < 1.29 is 4.84 Å². The van der Waals surface area contributed by atoms with Gasteiger partial charge in [-0.3, -0.25) is 0 Å². The van der Waals surface area contributed by atoms with Crippen LogP contribution in [0.4, 0.5) is 0 Å². The van der Waals surface area contributed by atoms with Gasteiger partial charge in [-0.2, -0.15) is 0 Å². The zero-order valence-corrected chi connectivity index (χ0v) is 6.59. The van der Waals surface area contributed by atoms with E-state index in [0.29, 0.717) is 6.61 Å². The van der Waals surface area contributed by atoms with Crippen molar-refractivity contribution in [1.29, 1.82) is 0 Å². The molecule has 0 aliphatic rings. The summed E-state index contributed by atoms with van der Waals surface area (Å²) in [7, 11) is 0. The van der Waals surface area contributed by atoms with E-state index < -0.39 is 0 Å². The summed E-state index contributed by atoms with van der Waals surface area (Å²) in [6.45, 7) is 6.59. The Kier molecular flexibility index (Phi) is 1.94. The summed E-state index contributed by atoms with van der Waals surface area (Å²) in [6.07, 6.45) is 1.80. The van der Waals surface area contributed by atoms with Crippen molar-refractivity contribution in [2.45, 2.75) is 20.8 Å². The SMILES string of the molecule is CCOn1ncc(C)c1C. The summed E-state index contributed by atoms with van der Waals surface area (Å²) in [4.78, 5) is 6.71. The summed E-state index contributed by atoms with van der Waals surface area (Å²) >= 11 is 0. The lowest BCUT2D eigenvalue weighted by atomic mass is 10.3. The molecule has 10 heavy (non-hydrogen) atoms. The van der Waals surface area contributed by atoms with Gasteiger partial charge in [-0.1, -0.05) is 0 Å². The Balaban J connectivity index is 2.83. The molecule has 0 amide bonds. The van der Waals surface area contributed by atoms with Gasteiger partial charge < -0.3 is 4.84 Å². The van der Waals surface area contributed by atoms with Crippen LogP contribution >= 0.6 is 0 Å². The molecule has 0 atom stereocenters. The first-order chi connectivity index (χ1) is 4.75. The lowest BCUT2D eigenvalue weighted by Gasteiger charge is -2.02. The molecule has 0 saturated heterocycles. The molecular formula is C7H12N2O. The predicted octanol–water partition coefficient (Wildman–Crippen LogP) is 0.948. The molecule has 1 rings (SSSR count). The molecule has 3 heteroatoms. The fraction of sp³-hybridized carbons (Fsp3) is 0.571. The van der Waals surface area contributed by atoms with Gasteiger partial charge in [0, 0.05) is 0 Å². The Bertz CT molecular complexity index is 217. The van der Waals surface area contributed by atoms with Crippen molar-refractivity contribution in [2.75, 3.05) is 6.61 Å². The van der Waals surface area contributed by atoms with Crippen molar-refractivity contribution in [2.24, 2.45) is 0 Å². The van der Waals surface area contributed by atoms with Gasteiger partial charge in [-0.15, -0.1) is 9.94 Å². The summed E-state index contributed by atoms with van der Waals surface area (Å²) in [5, 5.41) is 4.00. The molecule has 0 radical (unpaired) electrons. The molecule has 56 valence electrons. The molecule has 1 aromatic rings. The van der Waals surface area contributed by atoms with Gasteiger partial charge >= 0.3 is 0 Å². The highest BCUT2D eigenvalue weighted by Crippen LogP contribution is 2.01. The molecular weight excluding hydrogens is 128 g/mol. The molecule has 0 aliphatic carbocycles. The van der Waals surface area contributed by atoms with Crippen LogP contribution in [0.15, 0.2) is 6.20 Å². The zero-order chi connectivity index (χ0) is 7.56. The third-order valence-corrected chi connectivity index (χ3v) is 1.47. The van der Waals surface area contributed by atoms with Crippen LogP contribution < -0.4 is 4.84 Å². The van der Waals surface area contributed by atoms with Crippen LogP contribution in [0.25, 0.3) is 0 Å². The largest absolute Gasteiger partial charge is 0.397 e. The summed E-state index contributed by atoms with van der Waals surface area (Å²) in [5.41, 5.74) is 2.23. The number of hydrogen-bond donors (Lipinski definition) is 0. The third kappa shape index (κ3) is 1.12. The van der Waals surface area contributed by atoms with E-state index in [1.54, 1.807) is 11.0 Å². The monoisotopic (exact) mass is 140 g/mol. The Morgan fingerprint density at radius 3 is 2.70 bits per heavy atom. The first-order valence-corrected chi connectivity index (χ1v) is 3.40. The Hall–Kier alpha value is -0.990. The quantitative estimate of drug-likeness (QED) is 0.611. The number of hydrogen-bond acceptors (Lipinski definition) is 2. The predicted molar refractivity (Wildman–Crippen MR) is 38.8 cm³/mol. The van der Waals surface area contributed by atoms with Gasteiger partial charge in [0.15, 0.2) is 0 Å². The van der Waals surface area contributed by atoms with Crippen molar-refractivity contribution >= 4 is 0 Å². The Morgan fingerprint density at radius 1 is 1.60 bits per heavy atom. The van der Waals surface area contributed by atoms with E-state index in [-0.39, 0.29) is 0 Å². The van der Waals surface area contributed by atoms with Crippen molar-refractivity contribution in [1.82, 2.24) is 9.94 Å². The van der Waals surface area contributed by atoms with Crippen LogP contribution in [0, 0.1) is 13.8 Å². The van der Waals surface area contributed by atoms with E-state index in [0.717, 1.165) is 11.3 Å². The van der Waals surface area contributed by atoms with Crippen molar-refractivity contribution in [3.05, 3.63) is 17.5 Å². The van der Waals surface area contributed by atoms with Crippen LogP contribution in [-0.2, 0) is 0 Å². The van der Waals surface area contributed by atoms with Gasteiger partial charge in [0.05, 0.1) is 11.9 Å². The lowest BCUT2D eigenvalue weighted by Crippen LogP contribution is -2.13. The van der Waals surface area contributed by atoms with E-state index >= 15 is 0 Å². The van der Waals surface area contributed by atoms with Gasteiger partial charge in [0.1, 0.15) is 6.61 Å². The smallest absolute Gasteiger partial charge is 0.114 e. The Morgan fingerprint density at radius 2 is 2.30 bits per heavy atom. The molecule has 1 aromatic heterocycles. The molecule has 0 aromatic carbocycles. The fourth-order valence-corrected chi connectivity index (χ4v) is 0.722. The Labute approximate surface area is 60.6 Å². The number of rotatable bonds is 2. The minimum Gasteiger partial charge on any atom is -0.397 e. The van der Waals surface area contributed by atoms with Crippen LogP contribution in [-0.4, -0.2) is 16.6 Å². The molecule has 0 unspecified atom stereocenters. The topological polar surface area (TPSA) is 27.1 Å². The molecule has 1 heterocycles. The van der Waals surface area contributed by atoms with Crippen molar-refractivity contribution in [3.8, 4) is 0 Å². The first kappa shape index (κ1) is 7.12. The molecule has 0 aliphatic heterocycles. The van der Waals surface area contributed by atoms with E-state index in [1.807, 2.05) is 20.8 Å². The summed E-state index contributed by atoms with van der Waals surface area (Å²) < 4.78 is 0. The maximum absolute atomic E-state index is 5.16. The van der Waals surface area contributed by atoms with Gasteiger partial charge in [0.2, 0.25) is 0 Å². The van der Waals surface area contributed by atoms with Crippen molar-refractivity contribution in [3.63, 3.8) is 0 Å². The van der Waals surface area contributed by atoms with E-state index in [4.69, 9.17) is 4.84 Å². The van der Waals surface area contributed by atoms with E-state index in [2.05, 4.69) is 5.10 Å². The van der Waals surface area contributed by atoms with Crippen LogP contribution in [0.1, 0.15) is 18.2 Å². The maximum Gasteiger partial charge on any atom is 0.114 e. The second kappa shape index (κ2) is 2.73. The van der Waals surface area contributed by atoms with E-state index in [1.165, 1.54) is 0 Å². The van der Waals surface area contributed by atoms with E-state index in [9.17, 15) is 0 Å². The van der Waals surface area contributed by atoms with Gasteiger partial charge in [-0.25, -0.2) is 0 Å². The van der Waals surface area contributed by atoms with Crippen LogP contribution in [0.2, 0.25) is 0 Å². The third-order valence-electron chi connectivity index (χ3n) is 1.47. The average Bonchev–Trinajstić information content (AvgIpc) is 2.20.